The third-order valence-electron chi connectivity index (χ3n) is 3.53. The van der Waals surface area contributed by atoms with E-state index in [9.17, 15) is 9.59 Å². The lowest BCUT2D eigenvalue weighted by Gasteiger charge is -2.26. The lowest BCUT2D eigenvalue weighted by atomic mass is 9.91. The highest BCUT2D eigenvalue weighted by Crippen LogP contribution is 2.29. The van der Waals surface area contributed by atoms with Gasteiger partial charge < -0.3 is 10.1 Å². The van der Waals surface area contributed by atoms with Crippen molar-refractivity contribution in [2.75, 3.05) is 6.61 Å². The van der Waals surface area contributed by atoms with Crippen molar-refractivity contribution in [1.29, 1.82) is 0 Å². The first kappa shape index (κ1) is 16.0. The van der Waals surface area contributed by atoms with Crippen molar-refractivity contribution in [1.82, 2.24) is 10.6 Å². The van der Waals surface area contributed by atoms with E-state index in [0.29, 0.717) is 11.3 Å². The van der Waals surface area contributed by atoms with E-state index in [-0.39, 0.29) is 6.61 Å². The van der Waals surface area contributed by atoms with Crippen molar-refractivity contribution < 1.29 is 14.3 Å². The van der Waals surface area contributed by atoms with Crippen LogP contribution in [0.15, 0.2) is 57.5 Å². The van der Waals surface area contributed by atoms with Gasteiger partial charge in [-0.25, -0.2) is 4.79 Å². The summed E-state index contributed by atoms with van der Waals surface area (Å²) in [4.78, 5) is 24.1. The van der Waals surface area contributed by atoms with Crippen LogP contribution in [0, 0.1) is 0 Å². The number of amides is 3. The largest absolute Gasteiger partial charge is 0.490 e. The third-order valence-corrected chi connectivity index (χ3v) is 4.55. The van der Waals surface area contributed by atoms with Gasteiger partial charge in [-0.05, 0) is 42.0 Å². The number of rotatable bonds is 4. The molecule has 1 saturated heterocycles. The van der Waals surface area contributed by atoms with E-state index in [0.717, 1.165) is 8.95 Å². The summed E-state index contributed by atoms with van der Waals surface area (Å²) in [5.74, 6) is 0.175. The van der Waals surface area contributed by atoms with Crippen molar-refractivity contribution in [3.05, 3.63) is 63.0 Å². The molecule has 3 amide bonds. The maximum absolute atomic E-state index is 12.4. The Labute approximate surface area is 149 Å². The molecule has 0 bridgehead atoms. The number of nitrogens with one attached hydrogen (secondary N) is 2. The second kappa shape index (κ2) is 6.33. The Morgan fingerprint density at radius 1 is 1.00 bits per heavy atom. The molecule has 118 valence electrons. The minimum absolute atomic E-state index is 0.0113. The fourth-order valence-corrected chi connectivity index (χ4v) is 3.02. The number of urea groups is 1. The summed E-state index contributed by atoms with van der Waals surface area (Å²) in [6.45, 7) is -0.0113. The van der Waals surface area contributed by atoms with Gasteiger partial charge in [0.05, 0.1) is 0 Å². The first-order valence-corrected chi connectivity index (χ1v) is 8.36. The van der Waals surface area contributed by atoms with Crippen molar-refractivity contribution in [3.8, 4) is 5.75 Å². The molecule has 0 aromatic heterocycles. The van der Waals surface area contributed by atoms with Crippen molar-refractivity contribution >= 4 is 43.8 Å². The molecule has 3 rings (SSSR count). The number of benzene rings is 2. The quantitative estimate of drug-likeness (QED) is 0.718. The van der Waals surface area contributed by atoms with Gasteiger partial charge >= 0.3 is 6.03 Å². The first-order valence-electron chi connectivity index (χ1n) is 6.78. The summed E-state index contributed by atoms with van der Waals surface area (Å²) in [5.41, 5.74) is -0.610. The number of hydrogen-bond donors (Lipinski definition) is 2. The molecule has 1 unspecified atom stereocenters. The average molecular weight is 440 g/mol. The molecule has 0 radical (unpaired) electrons. The molecular formula is C16H12Br2N2O3. The minimum atomic E-state index is -1.26. The summed E-state index contributed by atoms with van der Waals surface area (Å²) in [7, 11) is 0. The Kier molecular flexibility index (Phi) is 4.41. The van der Waals surface area contributed by atoms with E-state index < -0.39 is 17.5 Å². The van der Waals surface area contributed by atoms with Gasteiger partial charge in [0.15, 0.2) is 5.54 Å². The molecule has 1 heterocycles. The molecule has 1 atom stereocenters. The van der Waals surface area contributed by atoms with E-state index >= 15 is 0 Å². The second-order valence-electron chi connectivity index (χ2n) is 5.07. The summed E-state index contributed by atoms with van der Waals surface area (Å²) in [6, 6.07) is 13.9. The van der Waals surface area contributed by atoms with Gasteiger partial charge in [-0.3, -0.25) is 10.1 Å². The van der Waals surface area contributed by atoms with Crippen LogP contribution in [0.4, 0.5) is 4.79 Å². The Morgan fingerprint density at radius 2 is 1.74 bits per heavy atom. The van der Waals surface area contributed by atoms with Crippen molar-refractivity contribution in [2.24, 2.45) is 0 Å². The lowest BCUT2D eigenvalue weighted by molar-refractivity contribution is -0.125. The smallest absolute Gasteiger partial charge is 0.322 e. The highest BCUT2D eigenvalue weighted by Gasteiger charge is 2.48. The number of hydrogen-bond acceptors (Lipinski definition) is 3. The van der Waals surface area contributed by atoms with Crippen LogP contribution >= 0.6 is 31.9 Å². The number of carbonyl (C=O) groups is 2. The standard InChI is InChI=1S/C16H12Br2N2O3/c17-11-4-6-13(7-5-11)23-9-16(14(21)19-15(22)20-16)10-2-1-3-12(18)8-10/h1-8H,9H2,(H2,19,20,21,22). The average Bonchev–Trinajstić information content (AvgIpc) is 2.82. The molecule has 0 aliphatic carbocycles. The normalized spacial score (nSPS) is 20.1. The fraction of sp³-hybridized carbons (Fsp3) is 0.125. The molecule has 23 heavy (non-hydrogen) atoms. The molecule has 1 aliphatic rings. The Hall–Kier alpha value is -1.86. The molecule has 2 aromatic carbocycles. The molecule has 0 saturated carbocycles. The number of ether oxygens (including phenoxy) is 1. The molecule has 5 nitrogen and oxygen atoms in total. The zero-order chi connectivity index (χ0) is 16.4. The van der Waals surface area contributed by atoms with Gasteiger partial charge in [0.1, 0.15) is 12.4 Å². The van der Waals surface area contributed by atoms with Gasteiger partial charge in [0, 0.05) is 8.95 Å². The second-order valence-corrected chi connectivity index (χ2v) is 6.90. The number of carbonyl (C=O) groups excluding carboxylic acids is 2. The first-order chi connectivity index (χ1) is 11.0. The number of halogens is 2. The van der Waals surface area contributed by atoms with Gasteiger partial charge in [-0.2, -0.15) is 0 Å². The van der Waals surface area contributed by atoms with Crippen LogP contribution in [-0.4, -0.2) is 18.5 Å². The molecule has 2 N–H and O–H groups in total. The highest BCUT2D eigenvalue weighted by molar-refractivity contribution is 9.10. The SMILES string of the molecule is O=C1NC(=O)C(COc2ccc(Br)cc2)(c2cccc(Br)c2)N1. The maximum Gasteiger partial charge on any atom is 0.322 e. The van der Waals surface area contributed by atoms with Gasteiger partial charge in [0.2, 0.25) is 0 Å². The van der Waals surface area contributed by atoms with E-state index in [2.05, 4.69) is 42.5 Å². The van der Waals surface area contributed by atoms with Crippen LogP contribution in [0.3, 0.4) is 0 Å². The van der Waals surface area contributed by atoms with Crippen LogP contribution in [0.25, 0.3) is 0 Å². The van der Waals surface area contributed by atoms with Crippen LogP contribution in [0.2, 0.25) is 0 Å². The van der Waals surface area contributed by atoms with Crippen molar-refractivity contribution in [2.45, 2.75) is 5.54 Å². The monoisotopic (exact) mass is 438 g/mol. The molecule has 1 aliphatic heterocycles. The third kappa shape index (κ3) is 3.25. The maximum atomic E-state index is 12.4. The Bertz CT molecular complexity index is 764. The zero-order valence-corrected chi connectivity index (χ0v) is 15.0. The van der Waals surface area contributed by atoms with Gasteiger partial charge in [-0.1, -0.05) is 44.0 Å². The molecule has 2 aromatic rings. The molecule has 0 spiro atoms. The van der Waals surface area contributed by atoms with Gasteiger partial charge in [0.25, 0.3) is 5.91 Å². The van der Waals surface area contributed by atoms with E-state index in [1.807, 2.05) is 18.2 Å². The van der Waals surface area contributed by atoms with Crippen molar-refractivity contribution in [3.63, 3.8) is 0 Å². The lowest BCUT2D eigenvalue weighted by Crippen LogP contribution is -2.48. The van der Waals surface area contributed by atoms with Crippen LogP contribution < -0.4 is 15.4 Å². The predicted molar refractivity (Wildman–Crippen MR) is 92.1 cm³/mol. The van der Waals surface area contributed by atoms with Gasteiger partial charge in [-0.15, -0.1) is 0 Å². The van der Waals surface area contributed by atoms with Crippen LogP contribution in [0.1, 0.15) is 5.56 Å². The van der Waals surface area contributed by atoms with E-state index in [1.165, 1.54) is 0 Å². The Morgan fingerprint density at radius 3 is 2.35 bits per heavy atom. The molecule has 7 heteroatoms. The fourth-order valence-electron chi connectivity index (χ4n) is 2.36. The number of imide groups is 1. The summed E-state index contributed by atoms with van der Waals surface area (Å²) in [5, 5.41) is 4.97. The highest BCUT2D eigenvalue weighted by atomic mass is 79.9. The zero-order valence-electron chi connectivity index (χ0n) is 11.8. The Balaban J connectivity index is 1.92. The minimum Gasteiger partial charge on any atom is -0.490 e. The predicted octanol–water partition coefficient (Wildman–Crippen LogP) is 3.33. The summed E-state index contributed by atoms with van der Waals surface area (Å²) >= 11 is 6.74. The summed E-state index contributed by atoms with van der Waals surface area (Å²) < 4.78 is 7.49. The molecular weight excluding hydrogens is 428 g/mol. The topological polar surface area (TPSA) is 67.4 Å². The van der Waals surface area contributed by atoms with E-state index in [4.69, 9.17) is 4.74 Å². The van der Waals surface area contributed by atoms with E-state index in [1.54, 1.807) is 30.3 Å². The summed E-state index contributed by atoms with van der Waals surface area (Å²) in [6.07, 6.45) is 0. The van der Waals surface area contributed by atoms with Crippen LogP contribution in [-0.2, 0) is 10.3 Å². The molecule has 1 fully saturated rings. The van der Waals surface area contributed by atoms with Crippen LogP contribution in [0.5, 0.6) is 5.75 Å².